The van der Waals surface area contributed by atoms with E-state index in [0.29, 0.717) is 12.3 Å². The molecule has 1 heterocycles. The number of aromatic amines is 1. The SMILES string of the molecule is COCCC(C)(C)c1n[nH]nc1C(=O)OC(C)(C)C. The van der Waals surface area contributed by atoms with Crippen LogP contribution < -0.4 is 0 Å². The topological polar surface area (TPSA) is 77.1 Å². The summed E-state index contributed by atoms with van der Waals surface area (Å²) in [4.78, 5) is 12.1. The van der Waals surface area contributed by atoms with Gasteiger partial charge in [-0.05, 0) is 27.2 Å². The summed E-state index contributed by atoms with van der Waals surface area (Å²) in [5, 5.41) is 10.5. The van der Waals surface area contributed by atoms with Crippen LogP contribution >= 0.6 is 0 Å². The summed E-state index contributed by atoms with van der Waals surface area (Å²) in [6, 6.07) is 0. The number of hydrogen-bond donors (Lipinski definition) is 1. The lowest BCUT2D eigenvalue weighted by Gasteiger charge is -2.23. The highest BCUT2D eigenvalue weighted by atomic mass is 16.6. The Morgan fingerprint density at radius 1 is 1.21 bits per heavy atom. The minimum absolute atomic E-state index is 0.246. The molecule has 0 aliphatic carbocycles. The van der Waals surface area contributed by atoms with Crippen molar-refractivity contribution in [3.63, 3.8) is 0 Å². The van der Waals surface area contributed by atoms with E-state index < -0.39 is 11.6 Å². The summed E-state index contributed by atoms with van der Waals surface area (Å²) < 4.78 is 10.4. The number of nitrogens with zero attached hydrogens (tertiary/aromatic N) is 2. The highest BCUT2D eigenvalue weighted by molar-refractivity contribution is 5.88. The predicted molar refractivity (Wildman–Crippen MR) is 71.1 cm³/mol. The average Bonchev–Trinajstić information content (AvgIpc) is 2.73. The molecule has 0 unspecified atom stereocenters. The van der Waals surface area contributed by atoms with Gasteiger partial charge in [-0.2, -0.15) is 10.3 Å². The first kappa shape index (κ1) is 15.6. The number of esters is 1. The second-order valence-corrected chi connectivity index (χ2v) is 6.15. The first-order valence-electron chi connectivity index (χ1n) is 6.31. The van der Waals surface area contributed by atoms with E-state index in [1.165, 1.54) is 0 Å². The number of nitrogens with one attached hydrogen (secondary N) is 1. The predicted octanol–water partition coefficient (Wildman–Crippen LogP) is 2.07. The quantitative estimate of drug-likeness (QED) is 0.828. The highest BCUT2D eigenvalue weighted by Crippen LogP contribution is 2.28. The van der Waals surface area contributed by atoms with Crippen molar-refractivity contribution in [1.82, 2.24) is 15.4 Å². The Morgan fingerprint density at radius 3 is 2.37 bits per heavy atom. The van der Waals surface area contributed by atoms with Crippen LogP contribution in [0.25, 0.3) is 0 Å². The number of carbonyl (C=O) groups excluding carboxylic acids is 1. The number of aromatic nitrogens is 3. The van der Waals surface area contributed by atoms with Gasteiger partial charge in [0.15, 0.2) is 5.69 Å². The maximum atomic E-state index is 12.1. The van der Waals surface area contributed by atoms with Crippen molar-refractivity contribution in [3.8, 4) is 0 Å². The van der Waals surface area contributed by atoms with E-state index in [2.05, 4.69) is 15.4 Å². The Labute approximate surface area is 113 Å². The van der Waals surface area contributed by atoms with Gasteiger partial charge in [-0.25, -0.2) is 4.79 Å². The molecular weight excluding hydrogens is 246 g/mol. The van der Waals surface area contributed by atoms with Gasteiger partial charge in [0, 0.05) is 19.1 Å². The van der Waals surface area contributed by atoms with Crippen LogP contribution in [0.1, 0.15) is 57.2 Å². The number of methoxy groups -OCH3 is 1. The largest absolute Gasteiger partial charge is 0.455 e. The Balaban J connectivity index is 2.94. The molecule has 108 valence electrons. The molecule has 0 saturated carbocycles. The van der Waals surface area contributed by atoms with E-state index in [1.807, 2.05) is 34.6 Å². The maximum absolute atomic E-state index is 12.1. The molecule has 0 amide bonds. The first-order chi connectivity index (χ1) is 8.67. The molecule has 1 aromatic heterocycles. The van der Waals surface area contributed by atoms with Gasteiger partial charge >= 0.3 is 5.97 Å². The summed E-state index contributed by atoms with van der Waals surface area (Å²) in [6.45, 7) is 10.0. The van der Waals surface area contributed by atoms with Crippen molar-refractivity contribution in [1.29, 1.82) is 0 Å². The molecule has 19 heavy (non-hydrogen) atoms. The average molecular weight is 269 g/mol. The number of H-pyrrole nitrogens is 1. The minimum Gasteiger partial charge on any atom is -0.455 e. The zero-order chi connectivity index (χ0) is 14.7. The highest BCUT2D eigenvalue weighted by Gasteiger charge is 2.32. The van der Waals surface area contributed by atoms with Crippen molar-refractivity contribution in [2.45, 2.75) is 52.1 Å². The molecule has 1 N–H and O–H groups in total. The van der Waals surface area contributed by atoms with Crippen molar-refractivity contribution in [2.24, 2.45) is 0 Å². The summed E-state index contributed by atoms with van der Waals surface area (Å²) >= 11 is 0. The van der Waals surface area contributed by atoms with Crippen molar-refractivity contribution < 1.29 is 14.3 Å². The maximum Gasteiger partial charge on any atom is 0.361 e. The van der Waals surface area contributed by atoms with E-state index in [-0.39, 0.29) is 11.1 Å². The molecular formula is C13H23N3O3. The van der Waals surface area contributed by atoms with Gasteiger partial charge in [0.1, 0.15) is 11.3 Å². The second kappa shape index (κ2) is 5.69. The fourth-order valence-electron chi connectivity index (χ4n) is 1.65. The van der Waals surface area contributed by atoms with Gasteiger partial charge in [-0.3, -0.25) is 0 Å². The van der Waals surface area contributed by atoms with Crippen LogP contribution in [0.2, 0.25) is 0 Å². The molecule has 0 spiro atoms. The van der Waals surface area contributed by atoms with Crippen LogP contribution in [0, 0.1) is 0 Å². The molecule has 0 radical (unpaired) electrons. The van der Waals surface area contributed by atoms with Gasteiger partial charge in [0.05, 0.1) is 0 Å². The number of carbonyl (C=O) groups is 1. The lowest BCUT2D eigenvalue weighted by atomic mass is 9.85. The third-order valence-corrected chi connectivity index (χ3v) is 2.71. The Kier molecular flexibility index (Phi) is 4.68. The number of ether oxygens (including phenoxy) is 2. The summed E-state index contributed by atoms with van der Waals surface area (Å²) in [6.07, 6.45) is 0.742. The minimum atomic E-state index is -0.552. The van der Waals surface area contributed by atoms with Crippen LogP contribution in [0.5, 0.6) is 0 Å². The van der Waals surface area contributed by atoms with Crippen molar-refractivity contribution >= 4 is 5.97 Å². The van der Waals surface area contributed by atoms with Gasteiger partial charge in [-0.1, -0.05) is 13.8 Å². The third kappa shape index (κ3) is 4.31. The Morgan fingerprint density at radius 2 is 1.84 bits per heavy atom. The van der Waals surface area contributed by atoms with E-state index in [9.17, 15) is 4.79 Å². The zero-order valence-corrected chi connectivity index (χ0v) is 12.5. The first-order valence-corrected chi connectivity index (χ1v) is 6.31. The lowest BCUT2D eigenvalue weighted by Crippen LogP contribution is -2.28. The van der Waals surface area contributed by atoms with E-state index in [1.54, 1.807) is 7.11 Å². The van der Waals surface area contributed by atoms with Crippen LogP contribution in [0.4, 0.5) is 0 Å². The van der Waals surface area contributed by atoms with E-state index in [4.69, 9.17) is 9.47 Å². The standard InChI is InChI=1S/C13H23N3O3/c1-12(2,3)19-11(17)9-10(15-16-14-9)13(4,5)7-8-18-6/h7-8H2,1-6H3,(H,14,15,16). The summed E-state index contributed by atoms with van der Waals surface area (Å²) in [5.74, 6) is -0.457. The fourth-order valence-corrected chi connectivity index (χ4v) is 1.65. The summed E-state index contributed by atoms with van der Waals surface area (Å²) in [5.41, 5.74) is -0.00556. The lowest BCUT2D eigenvalue weighted by molar-refractivity contribution is 0.00594. The second-order valence-electron chi connectivity index (χ2n) is 6.15. The van der Waals surface area contributed by atoms with Gasteiger partial charge < -0.3 is 9.47 Å². The van der Waals surface area contributed by atoms with Crippen molar-refractivity contribution in [2.75, 3.05) is 13.7 Å². The van der Waals surface area contributed by atoms with Crippen LogP contribution in [0.15, 0.2) is 0 Å². The molecule has 0 aliphatic rings. The normalized spacial score (nSPS) is 12.5. The van der Waals surface area contributed by atoms with E-state index >= 15 is 0 Å². The zero-order valence-electron chi connectivity index (χ0n) is 12.5. The molecule has 0 atom stereocenters. The molecule has 0 fully saturated rings. The van der Waals surface area contributed by atoms with Gasteiger partial charge in [0.25, 0.3) is 0 Å². The van der Waals surface area contributed by atoms with Crippen molar-refractivity contribution in [3.05, 3.63) is 11.4 Å². The molecule has 6 heteroatoms. The fraction of sp³-hybridized carbons (Fsp3) is 0.769. The molecule has 1 rings (SSSR count). The van der Waals surface area contributed by atoms with Crippen LogP contribution in [0.3, 0.4) is 0 Å². The number of hydrogen-bond acceptors (Lipinski definition) is 5. The molecule has 0 saturated heterocycles. The monoisotopic (exact) mass is 269 g/mol. The summed E-state index contributed by atoms with van der Waals surface area (Å²) in [7, 11) is 1.65. The Hall–Kier alpha value is -1.43. The smallest absolute Gasteiger partial charge is 0.361 e. The molecule has 1 aromatic rings. The molecule has 0 aliphatic heterocycles. The van der Waals surface area contributed by atoms with Crippen LogP contribution in [-0.2, 0) is 14.9 Å². The van der Waals surface area contributed by atoms with Crippen LogP contribution in [-0.4, -0.2) is 40.7 Å². The molecule has 0 bridgehead atoms. The molecule has 6 nitrogen and oxygen atoms in total. The van der Waals surface area contributed by atoms with E-state index in [0.717, 1.165) is 6.42 Å². The van der Waals surface area contributed by atoms with Gasteiger partial charge in [0.2, 0.25) is 0 Å². The number of rotatable bonds is 5. The van der Waals surface area contributed by atoms with Gasteiger partial charge in [-0.15, -0.1) is 5.10 Å². The Bertz CT molecular complexity index is 433. The molecule has 0 aromatic carbocycles. The third-order valence-electron chi connectivity index (χ3n) is 2.71.